The smallest absolute Gasteiger partial charge is 0.199 e. The van der Waals surface area contributed by atoms with Crippen LogP contribution in [-0.4, -0.2) is 10.8 Å². The van der Waals surface area contributed by atoms with Gasteiger partial charge in [0.05, 0.1) is 10.6 Å². The topological polar surface area (TPSA) is 32.9 Å². The molecule has 3 rings (SSSR count). The summed E-state index contributed by atoms with van der Waals surface area (Å²) >= 11 is 15.3. The summed E-state index contributed by atoms with van der Waals surface area (Å²) in [4.78, 5) is 15.6. The van der Waals surface area contributed by atoms with Crippen LogP contribution in [0.3, 0.4) is 0 Å². The molecule has 2 aromatic carbocycles. The molecule has 0 atom stereocenters. The highest BCUT2D eigenvalue weighted by atomic mass is 79.9. The van der Waals surface area contributed by atoms with E-state index in [0.717, 1.165) is 0 Å². The monoisotopic (exact) mass is 385 g/mol. The van der Waals surface area contributed by atoms with E-state index in [1.54, 1.807) is 18.2 Å². The Morgan fingerprint density at radius 3 is 2.71 bits per heavy atom. The standard InChI is InChI=1S/C15H7BrCl2FNO/c16-9-2-1-3-11(19)14(9)15(21)8-6-20-12-5-7(17)4-10(18)13(8)12/h1-6,20H. The number of rotatable bonds is 2. The van der Waals surface area contributed by atoms with Gasteiger partial charge in [-0.3, -0.25) is 4.79 Å². The van der Waals surface area contributed by atoms with E-state index < -0.39 is 11.6 Å². The summed E-state index contributed by atoms with van der Waals surface area (Å²) in [5.41, 5.74) is 0.908. The molecule has 0 saturated heterocycles. The van der Waals surface area contributed by atoms with Gasteiger partial charge in [0.2, 0.25) is 0 Å². The molecular weight excluding hydrogens is 380 g/mol. The number of aromatic amines is 1. The van der Waals surface area contributed by atoms with Crippen molar-refractivity contribution < 1.29 is 9.18 Å². The summed E-state index contributed by atoms with van der Waals surface area (Å²) in [5.74, 6) is -1.04. The van der Waals surface area contributed by atoms with Gasteiger partial charge < -0.3 is 4.98 Å². The lowest BCUT2D eigenvalue weighted by atomic mass is 10.0. The van der Waals surface area contributed by atoms with Crippen molar-refractivity contribution in [3.8, 4) is 0 Å². The van der Waals surface area contributed by atoms with Crippen LogP contribution < -0.4 is 0 Å². The molecule has 1 heterocycles. The minimum Gasteiger partial charge on any atom is -0.360 e. The van der Waals surface area contributed by atoms with Crippen LogP contribution in [0.2, 0.25) is 10.0 Å². The maximum Gasteiger partial charge on any atom is 0.199 e. The number of halogens is 4. The Kier molecular flexibility index (Phi) is 3.78. The second-order valence-electron chi connectivity index (χ2n) is 4.44. The van der Waals surface area contributed by atoms with Gasteiger partial charge in [0.15, 0.2) is 5.78 Å². The maximum absolute atomic E-state index is 13.9. The fraction of sp³-hybridized carbons (Fsp3) is 0. The van der Waals surface area contributed by atoms with Gasteiger partial charge in [-0.1, -0.05) is 29.3 Å². The molecule has 106 valence electrons. The van der Waals surface area contributed by atoms with Crippen molar-refractivity contribution in [2.24, 2.45) is 0 Å². The molecule has 0 aliphatic rings. The number of aromatic nitrogens is 1. The summed E-state index contributed by atoms with van der Waals surface area (Å²) < 4.78 is 14.3. The van der Waals surface area contributed by atoms with Crippen molar-refractivity contribution >= 4 is 55.8 Å². The van der Waals surface area contributed by atoms with Crippen molar-refractivity contribution in [2.75, 3.05) is 0 Å². The van der Waals surface area contributed by atoms with E-state index in [1.165, 1.54) is 18.3 Å². The van der Waals surface area contributed by atoms with Crippen LogP contribution in [0.4, 0.5) is 4.39 Å². The van der Waals surface area contributed by atoms with Crippen LogP contribution in [0.25, 0.3) is 10.9 Å². The Bertz CT molecular complexity index is 855. The molecule has 0 fully saturated rings. The number of carbonyl (C=O) groups excluding carboxylic acids is 1. The predicted molar refractivity (Wildman–Crippen MR) is 85.9 cm³/mol. The number of ketones is 1. The third-order valence-corrected chi connectivity index (χ3v) is 4.31. The average Bonchev–Trinajstić information content (AvgIpc) is 2.82. The highest BCUT2D eigenvalue weighted by molar-refractivity contribution is 9.10. The molecule has 1 aromatic heterocycles. The molecule has 0 unspecified atom stereocenters. The summed E-state index contributed by atoms with van der Waals surface area (Å²) in [6, 6.07) is 7.59. The van der Waals surface area contributed by atoms with Gasteiger partial charge in [-0.2, -0.15) is 0 Å². The Morgan fingerprint density at radius 2 is 2.00 bits per heavy atom. The summed E-state index contributed by atoms with van der Waals surface area (Å²) in [5, 5.41) is 1.33. The van der Waals surface area contributed by atoms with Gasteiger partial charge in [0.1, 0.15) is 5.82 Å². The molecule has 0 bridgehead atoms. The zero-order chi connectivity index (χ0) is 15.1. The number of H-pyrrole nitrogens is 1. The highest BCUT2D eigenvalue weighted by Gasteiger charge is 2.21. The highest BCUT2D eigenvalue weighted by Crippen LogP contribution is 2.33. The summed E-state index contributed by atoms with van der Waals surface area (Å²) in [6.45, 7) is 0. The number of benzene rings is 2. The van der Waals surface area contributed by atoms with Gasteiger partial charge in [-0.15, -0.1) is 0 Å². The number of hydrogen-bond acceptors (Lipinski definition) is 1. The molecule has 1 N–H and O–H groups in total. The molecule has 3 aromatic rings. The maximum atomic E-state index is 13.9. The largest absolute Gasteiger partial charge is 0.360 e. The van der Waals surface area contributed by atoms with Crippen molar-refractivity contribution in [3.05, 3.63) is 68.0 Å². The Balaban J connectivity index is 2.24. The lowest BCUT2D eigenvalue weighted by Gasteiger charge is -2.05. The second kappa shape index (κ2) is 5.44. The Hall–Kier alpha value is -1.36. The molecule has 0 saturated carbocycles. The molecule has 0 amide bonds. The van der Waals surface area contributed by atoms with E-state index in [1.807, 2.05) is 0 Å². The first-order valence-electron chi connectivity index (χ1n) is 5.94. The fourth-order valence-electron chi connectivity index (χ4n) is 2.21. The number of nitrogens with one attached hydrogen (secondary N) is 1. The van der Waals surface area contributed by atoms with E-state index in [-0.39, 0.29) is 5.56 Å². The van der Waals surface area contributed by atoms with Crippen LogP contribution in [0.1, 0.15) is 15.9 Å². The first-order chi connectivity index (χ1) is 9.99. The molecule has 21 heavy (non-hydrogen) atoms. The molecule has 6 heteroatoms. The van der Waals surface area contributed by atoms with Crippen LogP contribution in [0, 0.1) is 5.82 Å². The normalized spacial score (nSPS) is 11.0. The third kappa shape index (κ3) is 2.48. The molecule has 0 aliphatic heterocycles. The van der Waals surface area contributed by atoms with Crippen molar-refractivity contribution in [3.63, 3.8) is 0 Å². The minimum absolute atomic E-state index is 0.0237. The van der Waals surface area contributed by atoms with Crippen LogP contribution >= 0.6 is 39.1 Å². The zero-order valence-corrected chi connectivity index (χ0v) is 13.5. The number of hydrogen-bond donors (Lipinski definition) is 1. The third-order valence-electron chi connectivity index (χ3n) is 3.13. The first-order valence-corrected chi connectivity index (χ1v) is 7.49. The molecule has 0 spiro atoms. The Labute approximate surface area is 138 Å². The van der Waals surface area contributed by atoms with Gasteiger partial charge >= 0.3 is 0 Å². The summed E-state index contributed by atoms with van der Waals surface area (Å²) in [7, 11) is 0. The van der Waals surface area contributed by atoms with Crippen LogP contribution in [-0.2, 0) is 0 Å². The molecule has 2 nitrogen and oxygen atoms in total. The van der Waals surface area contributed by atoms with Gasteiger partial charge in [-0.05, 0) is 40.2 Å². The fourth-order valence-corrected chi connectivity index (χ4v) is 3.33. The number of carbonyl (C=O) groups is 1. The lowest BCUT2D eigenvalue weighted by Crippen LogP contribution is -2.05. The van der Waals surface area contributed by atoms with E-state index >= 15 is 0 Å². The predicted octanol–water partition coefficient (Wildman–Crippen LogP) is 5.61. The Morgan fingerprint density at radius 1 is 1.24 bits per heavy atom. The van der Waals surface area contributed by atoms with Gasteiger partial charge in [-0.25, -0.2) is 4.39 Å². The molecular formula is C15H7BrCl2FNO. The lowest BCUT2D eigenvalue weighted by molar-refractivity contribution is 0.103. The van der Waals surface area contributed by atoms with Crippen LogP contribution in [0.5, 0.6) is 0 Å². The van der Waals surface area contributed by atoms with E-state index in [4.69, 9.17) is 23.2 Å². The quantitative estimate of drug-likeness (QED) is 0.570. The van der Waals surface area contributed by atoms with E-state index in [0.29, 0.717) is 31.0 Å². The zero-order valence-electron chi connectivity index (χ0n) is 10.4. The summed E-state index contributed by atoms with van der Waals surface area (Å²) in [6.07, 6.45) is 1.51. The van der Waals surface area contributed by atoms with Gasteiger partial charge in [0.25, 0.3) is 0 Å². The molecule has 0 radical (unpaired) electrons. The van der Waals surface area contributed by atoms with Crippen molar-refractivity contribution in [1.29, 1.82) is 0 Å². The number of fused-ring (bicyclic) bond motifs is 1. The van der Waals surface area contributed by atoms with Crippen LogP contribution in [0.15, 0.2) is 41.0 Å². The van der Waals surface area contributed by atoms with Gasteiger partial charge in [0, 0.05) is 32.2 Å². The average molecular weight is 387 g/mol. The van der Waals surface area contributed by atoms with E-state index in [9.17, 15) is 9.18 Å². The first kappa shape index (κ1) is 14.6. The van der Waals surface area contributed by atoms with E-state index in [2.05, 4.69) is 20.9 Å². The van der Waals surface area contributed by atoms with Crippen molar-refractivity contribution in [1.82, 2.24) is 4.98 Å². The SMILES string of the molecule is O=C(c1c(F)cccc1Br)c1c[nH]c2cc(Cl)cc(Cl)c12. The second-order valence-corrected chi connectivity index (χ2v) is 6.14. The minimum atomic E-state index is -0.589. The molecule has 0 aliphatic carbocycles. The van der Waals surface area contributed by atoms with Crippen molar-refractivity contribution in [2.45, 2.75) is 0 Å².